The minimum atomic E-state index is 0.262. The van der Waals surface area contributed by atoms with Crippen LogP contribution >= 0.6 is 11.6 Å². The second-order valence-corrected chi connectivity index (χ2v) is 5.05. The number of nitriles is 1. The number of hydrogen-bond donors (Lipinski definition) is 0. The molecule has 0 fully saturated rings. The van der Waals surface area contributed by atoms with Crippen molar-refractivity contribution in [1.29, 1.82) is 5.26 Å². The zero-order valence-corrected chi connectivity index (χ0v) is 12.5. The van der Waals surface area contributed by atoms with E-state index in [1.165, 1.54) is 0 Å². The lowest BCUT2D eigenvalue weighted by Gasteiger charge is -2.04. The Kier molecular flexibility index (Phi) is 3.40. The van der Waals surface area contributed by atoms with Gasteiger partial charge in [-0.3, -0.25) is 0 Å². The van der Waals surface area contributed by atoms with Crippen molar-refractivity contribution in [2.75, 3.05) is 0 Å². The summed E-state index contributed by atoms with van der Waals surface area (Å²) in [6.45, 7) is 4.24. The fourth-order valence-electron chi connectivity index (χ4n) is 2.31. The highest BCUT2D eigenvalue weighted by Gasteiger charge is 2.15. The van der Waals surface area contributed by atoms with Gasteiger partial charge in [0.05, 0.1) is 22.7 Å². The zero-order valence-electron chi connectivity index (χ0n) is 11.7. The Bertz CT molecular complexity index is 837. The third kappa shape index (κ3) is 2.28. The molecule has 0 aliphatic rings. The van der Waals surface area contributed by atoms with E-state index in [-0.39, 0.29) is 5.88 Å². The average Bonchev–Trinajstić information content (AvgIpc) is 3.00. The Labute approximate surface area is 126 Å². The van der Waals surface area contributed by atoms with E-state index in [9.17, 15) is 5.26 Å². The Morgan fingerprint density at radius 3 is 2.76 bits per heavy atom. The molecule has 0 bridgehead atoms. The molecule has 3 rings (SSSR count). The number of imidazole rings is 1. The number of oxazole rings is 1. The highest BCUT2D eigenvalue weighted by Crippen LogP contribution is 2.22. The highest BCUT2D eigenvalue weighted by molar-refractivity contribution is 6.16. The lowest BCUT2D eigenvalue weighted by atomic mass is 10.2. The van der Waals surface area contributed by atoms with Gasteiger partial charge < -0.3 is 8.98 Å². The van der Waals surface area contributed by atoms with E-state index in [2.05, 4.69) is 16.0 Å². The van der Waals surface area contributed by atoms with Gasteiger partial charge in [0.25, 0.3) is 0 Å². The molecule has 0 atom stereocenters. The summed E-state index contributed by atoms with van der Waals surface area (Å²) in [5.74, 6) is 2.37. The van der Waals surface area contributed by atoms with Crippen molar-refractivity contribution < 1.29 is 4.42 Å². The maximum Gasteiger partial charge on any atom is 0.214 e. The van der Waals surface area contributed by atoms with Gasteiger partial charge in [0.2, 0.25) is 5.89 Å². The van der Waals surface area contributed by atoms with E-state index in [0.717, 1.165) is 17.0 Å². The number of aromatic nitrogens is 3. The third-order valence-electron chi connectivity index (χ3n) is 3.46. The first-order chi connectivity index (χ1) is 10.1. The smallest absolute Gasteiger partial charge is 0.214 e. The molecule has 0 aliphatic heterocycles. The molecule has 0 radical (unpaired) electrons. The quantitative estimate of drug-likeness (QED) is 0.696. The van der Waals surface area contributed by atoms with Crippen LogP contribution in [0.25, 0.3) is 11.0 Å². The number of alkyl halides is 1. The summed E-state index contributed by atoms with van der Waals surface area (Å²) in [5, 5.41) is 9.17. The lowest BCUT2D eigenvalue weighted by Crippen LogP contribution is -2.04. The third-order valence-corrected chi connectivity index (χ3v) is 3.70. The van der Waals surface area contributed by atoms with Crippen molar-refractivity contribution in [1.82, 2.24) is 14.5 Å². The van der Waals surface area contributed by atoms with Crippen LogP contribution in [0.1, 0.15) is 28.7 Å². The van der Waals surface area contributed by atoms with Crippen LogP contribution < -0.4 is 0 Å². The number of benzene rings is 1. The van der Waals surface area contributed by atoms with Crippen LogP contribution in [0.15, 0.2) is 22.6 Å². The van der Waals surface area contributed by atoms with Gasteiger partial charge in [-0.25, -0.2) is 9.97 Å². The average molecular weight is 301 g/mol. The summed E-state index contributed by atoms with van der Waals surface area (Å²) in [4.78, 5) is 8.85. The van der Waals surface area contributed by atoms with E-state index in [1.807, 2.05) is 30.5 Å². The first-order valence-electron chi connectivity index (χ1n) is 6.51. The molecule has 0 saturated carbocycles. The van der Waals surface area contributed by atoms with Gasteiger partial charge in [-0.05, 0) is 26.0 Å². The number of rotatable bonds is 3. The minimum absolute atomic E-state index is 0.262. The van der Waals surface area contributed by atoms with Gasteiger partial charge in [-0.1, -0.05) is 6.07 Å². The Balaban J connectivity index is 2.15. The van der Waals surface area contributed by atoms with Gasteiger partial charge in [-0.2, -0.15) is 5.26 Å². The first kappa shape index (κ1) is 13.7. The van der Waals surface area contributed by atoms with Crippen molar-refractivity contribution >= 4 is 22.6 Å². The van der Waals surface area contributed by atoms with Gasteiger partial charge in [-0.15, -0.1) is 11.6 Å². The molecule has 21 heavy (non-hydrogen) atoms. The van der Waals surface area contributed by atoms with Gasteiger partial charge >= 0.3 is 0 Å². The standard InChI is InChI=1S/C15H13ClN4O/c1-9-10(2)21-14(18-9)8-20-12-5-3-4-11(7-17)15(12)19-13(20)6-16/h3-5H,6,8H2,1-2H3. The molecule has 5 nitrogen and oxygen atoms in total. The van der Waals surface area contributed by atoms with E-state index in [0.29, 0.717) is 29.3 Å². The maximum atomic E-state index is 9.17. The molecule has 0 saturated heterocycles. The lowest BCUT2D eigenvalue weighted by molar-refractivity contribution is 0.457. The summed E-state index contributed by atoms with van der Waals surface area (Å²) in [6, 6.07) is 7.66. The molecule has 0 unspecified atom stereocenters. The summed E-state index contributed by atoms with van der Waals surface area (Å²) < 4.78 is 7.56. The van der Waals surface area contributed by atoms with E-state index in [1.54, 1.807) is 6.07 Å². The molecule has 0 N–H and O–H groups in total. The van der Waals surface area contributed by atoms with E-state index >= 15 is 0 Å². The van der Waals surface area contributed by atoms with Crippen molar-refractivity contribution in [3.05, 3.63) is 46.9 Å². The second-order valence-electron chi connectivity index (χ2n) is 4.78. The Morgan fingerprint density at radius 2 is 2.14 bits per heavy atom. The van der Waals surface area contributed by atoms with Crippen LogP contribution in [-0.4, -0.2) is 14.5 Å². The molecule has 6 heteroatoms. The number of fused-ring (bicyclic) bond motifs is 1. The van der Waals surface area contributed by atoms with Crippen molar-refractivity contribution in [3.63, 3.8) is 0 Å². The van der Waals surface area contributed by atoms with Gasteiger partial charge in [0.1, 0.15) is 29.7 Å². The number of para-hydroxylation sites is 1. The molecule has 0 spiro atoms. The number of nitrogens with zero attached hydrogens (tertiary/aromatic N) is 4. The summed E-state index contributed by atoms with van der Waals surface area (Å²) in [7, 11) is 0. The van der Waals surface area contributed by atoms with Crippen molar-refractivity contribution in [2.24, 2.45) is 0 Å². The monoisotopic (exact) mass is 300 g/mol. The van der Waals surface area contributed by atoms with Crippen LogP contribution in [0.2, 0.25) is 0 Å². The normalized spacial score (nSPS) is 11.0. The largest absolute Gasteiger partial charge is 0.444 e. The van der Waals surface area contributed by atoms with E-state index < -0.39 is 0 Å². The number of hydrogen-bond acceptors (Lipinski definition) is 4. The van der Waals surface area contributed by atoms with Crippen molar-refractivity contribution in [2.45, 2.75) is 26.3 Å². The highest BCUT2D eigenvalue weighted by atomic mass is 35.5. The predicted molar refractivity (Wildman–Crippen MR) is 79.1 cm³/mol. The summed E-state index contributed by atoms with van der Waals surface area (Å²) in [5.41, 5.74) is 2.94. The maximum absolute atomic E-state index is 9.17. The fourth-order valence-corrected chi connectivity index (χ4v) is 2.51. The van der Waals surface area contributed by atoms with Crippen LogP contribution in [0.5, 0.6) is 0 Å². The molecule has 1 aromatic carbocycles. The molecular formula is C15H13ClN4O. The molecule has 0 amide bonds. The molecule has 2 heterocycles. The first-order valence-corrected chi connectivity index (χ1v) is 7.04. The second kappa shape index (κ2) is 5.23. The van der Waals surface area contributed by atoms with Crippen molar-refractivity contribution in [3.8, 4) is 6.07 Å². The van der Waals surface area contributed by atoms with Crippen LogP contribution in [0.3, 0.4) is 0 Å². The summed E-state index contributed by atoms with van der Waals surface area (Å²) in [6.07, 6.45) is 0. The van der Waals surface area contributed by atoms with E-state index in [4.69, 9.17) is 16.0 Å². The number of aryl methyl sites for hydroxylation is 2. The van der Waals surface area contributed by atoms with Crippen LogP contribution in [0, 0.1) is 25.2 Å². The molecule has 0 aliphatic carbocycles. The van der Waals surface area contributed by atoms with Gasteiger partial charge in [0.15, 0.2) is 0 Å². The number of halogens is 1. The predicted octanol–water partition coefficient (Wildman–Crippen LogP) is 3.30. The van der Waals surface area contributed by atoms with Gasteiger partial charge in [0, 0.05) is 0 Å². The van der Waals surface area contributed by atoms with Crippen LogP contribution in [0.4, 0.5) is 0 Å². The fraction of sp³-hybridized carbons (Fsp3) is 0.267. The Morgan fingerprint density at radius 1 is 1.33 bits per heavy atom. The Hall–Kier alpha value is -2.32. The molecule has 3 aromatic rings. The minimum Gasteiger partial charge on any atom is -0.444 e. The molecular weight excluding hydrogens is 288 g/mol. The molecule has 2 aromatic heterocycles. The van der Waals surface area contributed by atoms with Crippen LogP contribution in [-0.2, 0) is 12.4 Å². The SMILES string of the molecule is Cc1nc(Cn2c(CCl)nc3c(C#N)cccc32)oc1C. The topological polar surface area (TPSA) is 67.6 Å². The molecule has 106 valence electrons. The zero-order chi connectivity index (χ0) is 15.0. The summed E-state index contributed by atoms with van der Waals surface area (Å²) >= 11 is 5.98.